The van der Waals surface area contributed by atoms with Gasteiger partial charge in [-0.3, -0.25) is 9.89 Å². The lowest BCUT2D eigenvalue weighted by molar-refractivity contribution is -0.131. The van der Waals surface area contributed by atoms with E-state index in [0.717, 1.165) is 18.8 Å². The molecule has 2 heterocycles. The quantitative estimate of drug-likeness (QED) is 0.883. The van der Waals surface area contributed by atoms with Crippen molar-refractivity contribution in [2.45, 2.75) is 37.2 Å². The van der Waals surface area contributed by atoms with Gasteiger partial charge in [0, 0.05) is 13.1 Å². The summed E-state index contributed by atoms with van der Waals surface area (Å²) in [6.45, 7) is 5.25. The molecule has 6 heteroatoms. The Hall–Kier alpha value is -1.82. The zero-order valence-electron chi connectivity index (χ0n) is 12.2. The number of carbonyl (C=O) groups is 1. The molecular formula is C15H18N4OS. The number of nitrogens with zero attached hydrogens (tertiary/aromatic N) is 3. The van der Waals surface area contributed by atoms with Gasteiger partial charge in [0.2, 0.25) is 11.1 Å². The lowest BCUT2D eigenvalue weighted by Gasteiger charge is -2.30. The number of aromatic nitrogens is 3. The van der Waals surface area contributed by atoms with E-state index in [1.807, 2.05) is 24.8 Å². The van der Waals surface area contributed by atoms with Crippen molar-refractivity contribution in [3.05, 3.63) is 41.2 Å². The van der Waals surface area contributed by atoms with Crippen LogP contribution in [-0.4, -0.2) is 37.8 Å². The number of hydrogen-bond donors (Lipinski definition) is 1. The topological polar surface area (TPSA) is 61.9 Å². The van der Waals surface area contributed by atoms with Gasteiger partial charge in [0.15, 0.2) is 0 Å². The Balaban J connectivity index is 1.66. The van der Waals surface area contributed by atoms with E-state index >= 15 is 0 Å². The highest BCUT2D eigenvalue weighted by Gasteiger charge is 2.25. The Labute approximate surface area is 128 Å². The first-order valence-corrected chi connectivity index (χ1v) is 7.92. The van der Waals surface area contributed by atoms with E-state index in [1.54, 1.807) is 0 Å². The Morgan fingerprint density at radius 2 is 2.14 bits per heavy atom. The monoisotopic (exact) mass is 302 g/mol. The van der Waals surface area contributed by atoms with Crippen LogP contribution in [0.15, 0.2) is 29.4 Å². The van der Waals surface area contributed by atoms with E-state index in [1.165, 1.54) is 22.9 Å². The van der Waals surface area contributed by atoms with Crippen LogP contribution >= 0.6 is 11.8 Å². The Morgan fingerprint density at radius 3 is 2.86 bits per heavy atom. The maximum atomic E-state index is 12.6. The van der Waals surface area contributed by atoms with Gasteiger partial charge in [-0.05, 0) is 31.4 Å². The molecule has 1 amide bonds. The van der Waals surface area contributed by atoms with Crippen LogP contribution in [0.25, 0.3) is 0 Å². The van der Waals surface area contributed by atoms with Gasteiger partial charge >= 0.3 is 0 Å². The molecular weight excluding hydrogens is 284 g/mol. The van der Waals surface area contributed by atoms with Crippen molar-refractivity contribution in [2.24, 2.45) is 0 Å². The summed E-state index contributed by atoms with van der Waals surface area (Å²) >= 11 is 1.40. The van der Waals surface area contributed by atoms with E-state index in [2.05, 4.69) is 33.4 Å². The summed E-state index contributed by atoms with van der Waals surface area (Å²) < 4.78 is 0. The SMILES string of the molecule is Cc1nc(SC(C)C(=O)N2CCc3ccccc3C2)n[nH]1. The van der Waals surface area contributed by atoms with Gasteiger partial charge in [-0.15, -0.1) is 5.10 Å². The molecule has 3 rings (SSSR count). The Kier molecular flexibility index (Phi) is 3.96. The van der Waals surface area contributed by atoms with Crippen LogP contribution in [0.3, 0.4) is 0 Å². The molecule has 1 aromatic heterocycles. The van der Waals surface area contributed by atoms with E-state index in [4.69, 9.17) is 0 Å². The van der Waals surface area contributed by atoms with Crippen LogP contribution < -0.4 is 0 Å². The van der Waals surface area contributed by atoms with Gasteiger partial charge in [0.1, 0.15) is 5.82 Å². The number of aromatic amines is 1. The maximum Gasteiger partial charge on any atom is 0.236 e. The number of amides is 1. The molecule has 21 heavy (non-hydrogen) atoms. The number of H-pyrrole nitrogens is 1. The van der Waals surface area contributed by atoms with Crippen molar-refractivity contribution in [1.29, 1.82) is 0 Å². The van der Waals surface area contributed by atoms with Crippen molar-refractivity contribution in [3.63, 3.8) is 0 Å². The van der Waals surface area contributed by atoms with Gasteiger partial charge in [-0.25, -0.2) is 4.98 Å². The third kappa shape index (κ3) is 3.10. The van der Waals surface area contributed by atoms with E-state index in [9.17, 15) is 4.79 Å². The number of rotatable bonds is 3. The molecule has 1 unspecified atom stereocenters. The molecule has 1 aliphatic rings. The summed E-state index contributed by atoms with van der Waals surface area (Å²) in [7, 11) is 0. The second kappa shape index (κ2) is 5.89. The molecule has 0 radical (unpaired) electrons. The molecule has 0 saturated carbocycles. The van der Waals surface area contributed by atoms with Crippen molar-refractivity contribution in [3.8, 4) is 0 Å². The maximum absolute atomic E-state index is 12.6. The van der Waals surface area contributed by atoms with Crippen LogP contribution in [0.4, 0.5) is 0 Å². The lowest BCUT2D eigenvalue weighted by Crippen LogP contribution is -2.40. The van der Waals surface area contributed by atoms with Crippen LogP contribution in [-0.2, 0) is 17.8 Å². The second-order valence-electron chi connectivity index (χ2n) is 5.24. The number of nitrogens with one attached hydrogen (secondary N) is 1. The molecule has 2 aromatic rings. The lowest BCUT2D eigenvalue weighted by atomic mass is 10.00. The summed E-state index contributed by atoms with van der Waals surface area (Å²) in [5.41, 5.74) is 2.61. The zero-order chi connectivity index (χ0) is 14.8. The van der Waals surface area contributed by atoms with Gasteiger partial charge in [0.05, 0.1) is 5.25 Å². The van der Waals surface area contributed by atoms with Gasteiger partial charge in [0.25, 0.3) is 0 Å². The molecule has 5 nitrogen and oxygen atoms in total. The first-order valence-electron chi connectivity index (χ1n) is 7.04. The summed E-state index contributed by atoms with van der Waals surface area (Å²) in [5, 5.41) is 7.33. The number of fused-ring (bicyclic) bond motifs is 1. The van der Waals surface area contributed by atoms with Crippen LogP contribution in [0.1, 0.15) is 23.9 Å². The first kappa shape index (κ1) is 14.1. The third-order valence-electron chi connectivity index (χ3n) is 3.65. The minimum Gasteiger partial charge on any atom is -0.337 e. The fraction of sp³-hybridized carbons (Fsp3) is 0.400. The minimum absolute atomic E-state index is 0.150. The molecule has 0 aliphatic carbocycles. The number of hydrogen-bond acceptors (Lipinski definition) is 4. The van der Waals surface area contributed by atoms with Crippen LogP contribution in [0.5, 0.6) is 0 Å². The van der Waals surface area contributed by atoms with E-state index < -0.39 is 0 Å². The third-order valence-corrected chi connectivity index (χ3v) is 4.60. The first-order chi connectivity index (χ1) is 10.1. The van der Waals surface area contributed by atoms with Crippen molar-refractivity contribution in [2.75, 3.05) is 6.54 Å². The van der Waals surface area contributed by atoms with Gasteiger partial charge in [-0.2, -0.15) is 0 Å². The number of aryl methyl sites for hydroxylation is 1. The predicted molar refractivity (Wildman–Crippen MR) is 82.0 cm³/mol. The largest absolute Gasteiger partial charge is 0.337 e. The average Bonchev–Trinajstić information content (AvgIpc) is 2.91. The molecule has 1 atom stereocenters. The average molecular weight is 302 g/mol. The molecule has 0 saturated heterocycles. The van der Waals surface area contributed by atoms with Crippen LogP contribution in [0.2, 0.25) is 0 Å². The highest BCUT2D eigenvalue weighted by molar-refractivity contribution is 8.00. The summed E-state index contributed by atoms with van der Waals surface area (Å²) in [5.74, 6) is 0.918. The van der Waals surface area contributed by atoms with Crippen molar-refractivity contribution in [1.82, 2.24) is 20.1 Å². The summed E-state index contributed by atoms with van der Waals surface area (Å²) in [6.07, 6.45) is 0.930. The highest BCUT2D eigenvalue weighted by Crippen LogP contribution is 2.24. The summed E-state index contributed by atoms with van der Waals surface area (Å²) in [4.78, 5) is 18.7. The molecule has 0 fully saturated rings. The molecule has 1 N–H and O–H groups in total. The van der Waals surface area contributed by atoms with Crippen molar-refractivity contribution >= 4 is 17.7 Å². The van der Waals surface area contributed by atoms with Gasteiger partial charge < -0.3 is 4.90 Å². The normalized spacial score (nSPS) is 15.6. The minimum atomic E-state index is -0.175. The number of thioether (sulfide) groups is 1. The molecule has 1 aliphatic heterocycles. The van der Waals surface area contributed by atoms with E-state index in [-0.39, 0.29) is 11.2 Å². The Bertz CT molecular complexity index is 655. The zero-order valence-corrected chi connectivity index (χ0v) is 13.0. The van der Waals surface area contributed by atoms with Crippen molar-refractivity contribution < 1.29 is 4.79 Å². The van der Waals surface area contributed by atoms with Gasteiger partial charge in [-0.1, -0.05) is 36.0 Å². The van der Waals surface area contributed by atoms with E-state index in [0.29, 0.717) is 11.7 Å². The fourth-order valence-electron chi connectivity index (χ4n) is 2.52. The number of benzene rings is 1. The standard InChI is InChI=1S/C15H18N4OS/c1-10(21-15-16-11(2)17-18-15)14(20)19-8-7-12-5-3-4-6-13(12)9-19/h3-6,10H,7-9H2,1-2H3,(H,16,17,18). The Morgan fingerprint density at radius 1 is 1.38 bits per heavy atom. The fourth-order valence-corrected chi connectivity index (χ4v) is 3.38. The molecule has 0 bridgehead atoms. The van der Waals surface area contributed by atoms with Crippen LogP contribution in [0, 0.1) is 6.92 Å². The highest BCUT2D eigenvalue weighted by atomic mass is 32.2. The number of carbonyl (C=O) groups excluding carboxylic acids is 1. The molecule has 110 valence electrons. The smallest absolute Gasteiger partial charge is 0.236 e. The second-order valence-corrected chi connectivity index (χ2v) is 6.55. The molecule has 0 spiro atoms. The predicted octanol–water partition coefficient (Wildman–Crippen LogP) is 2.18. The summed E-state index contributed by atoms with van der Waals surface area (Å²) in [6, 6.07) is 8.33. The molecule has 1 aromatic carbocycles.